The molecular weight excluding hydrogens is 206 g/mol. The van der Waals surface area contributed by atoms with Crippen molar-refractivity contribution in [2.45, 2.75) is 12.5 Å². The summed E-state index contributed by atoms with van der Waals surface area (Å²) in [7, 11) is 1.82. The number of hydrogen-bond donors (Lipinski definition) is 2. The van der Waals surface area contributed by atoms with E-state index in [1.807, 2.05) is 41.9 Å². The number of nitrogens with zero attached hydrogens (tertiary/aromatic N) is 1. The molecule has 2 aromatic rings. The molecule has 84 valence electrons. The van der Waals surface area contributed by atoms with Gasteiger partial charge in [0.15, 0.2) is 0 Å². The second kappa shape index (κ2) is 3.98. The molecular formula is C12H13NO3. The van der Waals surface area contributed by atoms with Crippen LogP contribution < -0.4 is 0 Å². The molecule has 1 aromatic carbocycles. The first-order valence-electron chi connectivity index (χ1n) is 5.04. The third kappa shape index (κ3) is 1.79. The standard InChI is InChI=1S/C12H13NO3/c1-13-9-5-3-2-4-8(9)6-10(13)11(14)7-12(15)16/h2-6,11,14H,7H2,1H3,(H,15,16). The third-order valence-corrected chi connectivity index (χ3v) is 2.70. The average Bonchev–Trinajstić information content (AvgIpc) is 2.56. The zero-order valence-corrected chi connectivity index (χ0v) is 8.92. The van der Waals surface area contributed by atoms with Gasteiger partial charge < -0.3 is 14.8 Å². The molecule has 1 unspecified atom stereocenters. The Labute approximate surface area is 92.7 Å². The number of aliphatic hydroxyl groups is 1. The Morgan fingerprint density at radius 2 is 2.12 bits per heavy atom. The predicted octanol–water partition coefficient (Wildman–Crippen LogP) is 1.69. The van der Waals surface area contributed by atoms with Crippen LogP contribution in [0.25, 0.3) is 10.9 Å². The van der Waals surface area contributed by atoms with Crippen LogP contribution in [-0.2, 0) is 11.8 Å². The summed E-state index contributed by atoms with van der Waals surface area (Å²) in [6, 6.07) is 9.52. The smallest absolute Gasteiger partial charge is 0.306 e. The average molecular weight is 219 g/mol. The summed E-state index contributed by atoms with van der Waals surface area (Å²) >= 11 is 0. The number of para-hydroxylation sites is 1. The van der Waals surface area contributed by atoms with Crippen LogP contribution in [0.15, 0.2) is 30.3 Å². The molecule has 0 spiro atoms. The highest BCUT2D eigenvalue weighted by Crippen LogP contribution is 2.24. The van der Waals surface area contributed by atoms with Crippen molar-refractivity contribution in [3.05, 3.63) is 36.0 Å². The van der Waals surface area contributed by atoms with E-state index < -0.39 is 12.1 Å². The summed E-state index contributed by atoms with van der Waals surface area (Å²) in [6.07, 6.45) is -1.24. The molecule has 0 amide bonds. The molecule has 0 saturated carbocycles. The summed E-state index contributed by atoms with van der Waals surface area (Å²) < 4.78 is 1.82. The van der Waals surface area contributed by atoms with Crippen LogP contribution in [0.2, 0.25) is 0 Å². The van der Waals surface area contributed by atoms with E-state index in [2.05, 4.69) is 0 Å². The number of benzene rings is 1. The van der Waals surface area contributed by atoms with E-state index in [9.17, 15) is 9.90 Å². The van der Waals surface area contributed by atoms with E-state index in [-0.39, 0.29) is 6.42 Å². The molecule has 2 N–H and O–H groups in total. The fraction of sp³-hybridized carbons (Fsp3) is 0.250. The van der Waals surface area contributed by atoms with Crippen LogP contribution in [0, 0.1) is 0 Å². The number of aryl methyl sites for hydroxylation is 1. The Morgan fingerprint density at radius 1 is 1.44 bits per heavy atom. The van der Waals surface area contributed by atoms with Gasteiger partial charge in [-0.3, -0.25) is 4.79 Å². The molecule has 1 aromatic heterocycles. The lowest BCUT2D eigenvalue weighted by molar-refractivity contribution is -0.139. The number of hydrogen-bond acceptors (Lipinski definition) is 2. The predicted molar refractivity (Wildman–Crippen MR) is 60.1 cm³/mol. The van der Waals surface area contributed by atoms with Crippen molar-refractivity contribution in [2.24, 2.45) is 7.05 Å². The largest absolute Gasteiger partial charge is 0.481 e. The van der Waals surface area contributed by atoms with E-state index in [1.54, 1.807) is 0 Å². The van der Waals surface area contributed by atoms with Crippen LogP contribution in [0.1, 0.15) is 18.2 Å². The Bertz CT molecular complexity index is 530. The van der Waals surface area contributed by atoms with Gasteiger partial charge in [-0.2, -0.15) is 0 Å². The molecule has 0 radical (unpaired) electrons. The van der Waals surface area contributed by atoms with Gasteiger partial charge in [0.05, 0.1) is 6.42 Å². The number of aromatic nitrogens is 1. The molecule has 0 aliphatic rings. The van der Waals surface area contributed by atoms with Crippen LogP contribution in [0.5, 0.6) is 0 Å². The van der Waals surface area contributed by atoms with E-state index >= 15 is 0 Å². The first kappa shape index (κ1) is 10.7. The second-order valence-electron chi connectivity index (χ2n) is 3.80. The second-order valence-corrected chi connectivity index (χ2v) is 3.80. The number of carbonyl (C=O) groups is 1. The zero-order valence-electron chi connectivity index (χ0n) is 8.92. The summed E-state index contributed by atoms with van der Waals surface area (Å²) in [5.41, 5.74) is 1.62. The molecule has 0 saturated heterocycles. The highest BCUT2D eigenvalue weighted by Gasteiger charge is 2.16. The van der Waals surface area contributed by atoms with E-state index in [0.29, 0.717) is 5.69 Å². The van der Waals surface area contributed by atoms with Gasteiger partial charge in [0.25, 0.3) is 0 Å². The van der Waals surface area contributed by atoms with Crippen LogP contribution in [-0.4, -0.2) is 20.7 Å². The SMILES string of the molecule is Cn1c(C(O)CC(=O)O)cc2ccccc21. The van der Waals surface area contributed by atoms with Crippen molar-refractivity contribution >= 4 is 16.9 Å². The van der Waals surface area contributed by atoms with Crippen molar-refractivity contribution in [1.82, 2.24) is 4.57 Å². The highest BCUT2D eigenvalue weighted by molar-refractivity contribution is 5.81. The normalized spacial score (nSPS) is 12.9. The summed E-state index contributed by atoms with van der Waals surface area (Å²) in [4.78, 5) is 10.5. The minimum absolute atomic E-state index is 0.274. The van der Waals surface area contributed by atoms with Gasteiger partial charge in [0, 0.05) is 18.3 Å². The molecule has 0 aliphatic carbocycles. The van der Waals surface area contributed by atoms with Crippen molar-refractivity contribution in [2.75, 3.05) is 0 Å². The first-order chi connectivity index (χ1) is 7.59. The van der Waals surface area contributed by atoms with Crippen molar-refractivity contribution in [3.63, 3.8) is 0 Å². The van der Waals surface area contributed by atoms with E-state index in [0.717, 1.165) is 10.9 Å². The molecule has 16 heavy (non-hydrogen) atoms. The molecule has 4 heteroatoms. The van der Waals surface area contributed by atoms with Gasteiger partial charge in [-0.05, 0) is 17.5 Å². The molecule has 0 bridgehead atoms. The van der Waals surface area contributed by atoms with Crippen molar-refractivity contribution < 1.29 is 15.0 Å². The number of carboxylic acid groups (broad SMARTS) is 1. The van der Waals surface area contributed by atoms with E-state index in [1.165, 1.54) is 0 Å². The maximum absolute atomic E-state index is 10.5. The first-order valence-corrected chi connectivity index (χ1v) is 5.04. The minimum Gasteiger partial charge on any atom is -0.481 e. The van der Waals surface area contributed by atoms with E-state index in [4.69, 9.17) is 5.11 Å². The summed E-state index contributed by atoms with van der Waals surface area (Å²) in [5.74, 6) is -1.00. The lowest BCUT2D eigenvalue weighted by atomic mass is 10.2. The number of fused-ring (bicyclic) bond motifs is 1. The molecule has 0 fully saturated rings. The Balaban J connectivity index is 2.45. The van der Waals surface area contributed by atoms with Crippen LogP contribution in [0.3, 0.4) is 0 Å². The lowest BCUT2D eigenvalue weighted by Gasteiger charge is -2.09. The van der Waals surface area contributed by atoms with Crippen LogP contribution >= 0.6 is 0 Å². The van der Waals surface area contributed by atoms with Crippen LogP contribution in [0.4, 0.5) is 0 Å². The number of aliphatic hydroxyl groups excluding tert-OH is 1. The minimum atomic E-state index is -1.00. The fourth-order valence-electron chi connectivity index (χ4n) is 1.90. The van der Waals surface area contributed by atoms with Gasteiger partial charge >= 0.3 is 5.97 Å². The molecule has 1 atom stereocenters. The van der Waals surface area contributed by atoms with Gasteiger partial charge in [-0.15, -0.1) is 0 Å². The Hall–Kier alpha value is -1.81. The van der Waals surface area contributed by atoms with Gasteiger partial charge in [-0.1, -0.05) is 18.2 Å². The van der Waals surface area contributed by atoms with Crippen molar-refractivity contribution in [3.8, 4) is 0 Å². The molecule has 4 nitrogen and oxygen atoms in total. The number of rotatable bonds is 3. The maximum Gasteiger partial charge on any atom is 0.306 e. The molecule has 1 heterocycles. The van der Waals surface area contributed by atoms with Gasteiger partial charge in [0.1, 0.15) is 6.10 Å². The van der Waals surface area contributed by atoms with Crippen molar-refractivity contribution in [1.29, 1.82) is 0 Å². The Morgan fingerprint density at radius 3 is 2.75 bits per heavy atom. The summed E-state index contributed by atoms with van der Waals surface area (Å²) in [6.45, 7) is 0. The third-order valence-electron chi connectivity index (χ3n) is 2.70. The topological polar surface area (TPSA) is 62.5 Å². The lowest BCUT2D eigenvalue weighted by Crippen LogP contribution is -2.09. The monoisotopic (exact) mass is 219 g/mol. The summed E-state index contributed by atoms with van der Waals surface area (Å²) in [5, 5.41) is 19.4. The Kier molecular flexibility index (Phi) is 2.66. The van der Waals surface area contributed by atoms with Gasteiger partial charge in [0.2, 0.25) is 0 Å². The van der Waals surface area contributed by atoms with Gasteiger partial charge in [-0.25, -0.2) is 0 Å². The highest BCUT2D eigenvalue weighted by atomic mass is 16.4. The molecule has 0 aliphatic heterocycles. The number of carboxylic acids is 1. The molecule has 2 rings (SSSR count). The number of aliphatic carboxylic acids is 1. The quantitative estimate of drug-likeness (QED) is 0.825. The maximum atomic E-state index is 10.5. The fourth-order valence-corrected chi connectivity index (χ4v) is 1.90. The zero-order chi connectivity index (χ0) is 11.7.